The van der Waals surface area contributed by atoms with Crippen molar-refractivity contribution >= 4 is 16.8 Å². The summed E-state index contributed by atoms with van der Waals surface area (Å²) in [5.74, 6) is 0.998. The minimum Gasteiger partial charge on any atom is -0.440 e. The van der Waals surface area contributed by atoms with E-state index in [1.165, 1.54) is 0 Å². The van der Waals surface area contributed by atoms with Crippen molar-refractivity contribution in [3.05, 3.63) is 51.7 Å². The summed E-state index contributed by atoms with van der Waals surface area (Å²) in [5, 5.41) is 15.5. The maximum Gasteiger partial charge on any atom is 0.312 e. The minimum atomic E-state index is -0.356. The lowest BCUT2D eigenvalue weighted by atomic mass is 9.98. The predicted octanol–water partition coefficient (Wildman–Crippen LogP) is 3.39. The van der Waals surface area contributed by atoms with E-state index in [0.29, 0.717) is 18.1 Å². The van der Waals surface area contributed by atoms with E-state index < -0.39 is 0 Å². The van der Waals surface area contributed by atoms with Crippen LogP contribution in [0.2, 0.25) is 0 Å². The second kappa shape index (κ2) is 6.53. The molecule has 0 saturated carbocycles. The predicted molar refractivity (Wildman–Crippen MR) is 95.9 cm³/mol. The van der Waals surface area contributed by atoms with Gasteiger partial charge in [0.1, 0.15) is 16.9 Å². The van der Waals surface area contributed by atoms with Gasteiger partial charge in [-0.2, -0.15) is 5.10 Å². The smallest absolute Gasteiger partial charge is 0.312 e. The zero-order chi connectivity index (χ0) is 18.3. The number of fused-ring (bicyclic) bond motifs is 1. The fraction of sp³-hybridized carbons (Fsp3) is 0.444. The highest BCUT2D eigenvalue weighted by atomic mass is 16.6. The minimum absolute atomic E-state index is 0.109. The van der Waals surface area contributed by atoms with E-state index in [2.05, 4.69) is 15.0 Å². The van der Waals surface area contributed by atoms with Crippen LogP contribution in [-0.4, -0.2) is 37.7 Å². The van der Waals surface area contributed by atoms with Gasteiger partial charge in [0, 0.05) is 12.5 Å². The van der Waals surface area contributed by atoms with Gasteiger partial charge >= 0.3 is 5.69 Å². The Morgan fingerprint density at radius 1 is 1.35 bits per heavy atom. The average Bonchev–Trinajstić information content (AvgIpc) is 3.16. The van der Waals surface area contributed by atoms with E-state index in [0.717, 1.165) is 42.9 Å². The van der Waals surface area contributed by atoms with Crippen LogP contribution in [0.15, 0.2) is 28.7 Å². The zero-order valence-electron chi connectivity index (χ0n) is 14.9. The lowest BCUT2D eigenvalue weighted by Gasteiger charge is -2.31. The molecule has 8 heteroatoms. The molecule has 1 aliphatic heterocycles. The second-order valence-corrected chi connectivity index (χ2v) is 6.85. The van der Waals surface area contributed by atoms with E-state index in [1.54, 1.807) is 18.5 Å². The first-order valence-electron chi connectivity index (χ1n) is 8.79. The first kappa shape index (κ1) is 16.7. The highest BCUT2D eigenvalue weighted by Gasteiger charge is 2.28. The molecule has 0 bridgehead atoms. The number of benzene rings is 1. The normalized spacial score (nSPS) is 18.5. The number of rotatable bonds is 4. The SMILES string of the molecule is Cc1nn(CN2CCC[C@H](c3nc4ccccc4o3)C2)c(C)c1[N+](=O)[O-]. The number of nitrogens with zero attached hydrogens (tertiary/aromatic N) is 5. The third kappa shape index (κ3) is 2.96. The molecule has 0 N–H and O–H groups in total. The van der Waals surface area contributed by atoms with Crippen LogP contribution in [-0.2, 0) is 6.67 Å². The molecule has 1 aliphatic rings. The van der Waals surface area contributed by atoms with Crippen LogP contribution in [0.3, 0.4) is 0 Å². The summed E-state index contributed by atoms with van der Waals surface area (Å²) in [6.45, 7) is 5.71. The van der Waals surface area contributed by atoms with Gasteiger partial charge in [0.05, 0.1) is 11.6 Å². The van der Waals surface area contributed by atoms with E-state index in [-0.39, 0.29) is 16.5 Å². The number of nitro groups is 1. The van der Waals surface area contributed by atoms with Crippen LogP contribution < -0.4 is 0 Å². The molecule has 1 aromatic carbocycles. The molecule has 1 saturated heterocycles. The molecule has 1 atom stereocenters. The molecule has 2 aromatic heterocycles. The van der Waals surface area contributed by atoms with Crippen molar-refractivity contribution in [1.29, 1.82) is 0 Å². The van der Waals surface area contributed by atoms with Crippen LogP contribution in [0.25, 0.3) is 11.1 Å². The number of aryl methyl sites for hydroxylation is 1. The Bertz CT molecular complexity index is 928. The number of oxazole rings is 1. The molecule has 0 unspecified atom stereocenters. The summed E-state index contributed by atoms with van der Waals surface area (Å²) in [7, 11) is 0. The van der Waals surface area contributed by atoms with Gasteiger partial charge in [0.15, 0.2) is 11.5 Å². The van der Waals surface area contributed by atoms with Gasteiger partial charge in [-0.15, -0.1) is 0 Å². The molecule has 4 rings (SSSR count). The van der Waals surface area contributed by atoms with E-state index >= 15 is 0 Å². The molecule has 3 heterocycles. The topological polar surface area (TPSA) is 90.2 Å². The molecule has 136 valence electrons. The molecule has 1 fully saturated rings. The molecule has 8 nitrogen and oxygen atoms in total. The van der Waals surface area contributed by atoms with Gasteiger partial charge in [-0.1, -0.05) is 12.1 Å². The number of likely N-dealkylation sites (tertiary alicyclic amines) is 1. The largest absolute Gasteiger partial charge is 0.440 e. The lowest BCUT2D eigenvalue weighted by Crippen LogP contribution is -2.36. The van der Waals surface area contributed by atoms with E-state index in [1.807, 2.05) is 24.3 Å². The lowest BCUT2D eigenvalue weighted by molar-refractivity contribution is -0.386. The van der Waals surface area contributed by atoms with Crippen LogP contribution in [0, 0.1) is 24.0 Å². The molecule has 26 heavy (non-hydrogen) atoms. The van der Waals surface area contributed by atoms with Gasteiger partial charge in [-0.3, -0.25) is 15.0 Å². The maximum absolute atomic E-state index is 11.2. The van der Waals surface area contributed by atoms with Crippen molar-refractivity contribution in [3.8, 4) is 0 Å². The summed E-state index contributed by atoms with van der Waals surface area (Å²) in [6.07, 6.45) is 2.06. The van der Waals surface area contributed by atoms with Crippen molar-refractivity contribution in [2.45, 2.75) is 39.3 Å². The monoisotopic (exact) mass is 355 g/mol. The summed E-state index contributed by atoms with van der Waals surface area (Å²) < 4.78 is 7.66. The number of piperidine rings is 1. The Morgan fingerprint density at radius 2 is 2.15 bits per heavy atom. The first-order chi connectivity index (χ1) is 12.5. The highest BCUT2D eigenvalue weighted by molar-refractivity contribution is 5.72. The van der Waals surface area contributed by atoms with Gasteiger partial charge < -0.3 is 4.42 Å². The van der Waals surface area contributed by atoms with Crippen LogP contribution in [0.1, 0.15) is 36.0 Å². The fourth-order valence-electron chi connectivity index (χ4n) is 3.73. The quantitative estimate of drug-likeness (QED) is 0.526. The summed E-state index contributed by atoms with van der Waals surface area (Å²) in [5.41, 5.74) is 2.86. The third-order valence-electron chi connectivity index (χ3n) is 5.03. The number of hydrogen-bond acceptors (Lipinski definition) is 6. The van der Waals surface area contributed by atoms with Crippen molar-refractivity contribution in [2.75, 3.05) is 13.1 Å². The first-order valence-corrected chi connectivity index (χ1v) is 8.79. The van der Waals surface area contributed by atoms with Gasteiger partial charge in [-0.25, -0.2) is 9.67 Å². The Morgan fingerprint density at radius 3 is 2.88 bits per heavy atom. The summed E-state index contributed by atoms with van der Waals surface area (Å²) >= 11 is 0. The summed E-state index contributed by atoms with van der Waals surface area (Å²) in [4.78, 5) is 17.7. The summed E-state index contributed by atoms with van der Waals surface area (Å²) in [6, 6.07) is 7.79. The Hall–Kier alpha value is -2.74. The second-order valence-electron chi connectivity index (χ2n) is 6.85. The van der Waals surface area contributed by atoms with Gasteiger partial charge in [-0.05, 0) is 45.4 Å². The molecule has 0 aliphatic carbocycles. The van der Waals surface area contributed by atoms with Crippen molar-refractivity contribution in [1.82, 2.24) is 19.7 Å². The van der Waals surface area contributed by atoms with Crippen LogP contribution in [0.4, 0.5) is 5.69 Å². The Balaban J connectivity index is 1.52. The molecular weight excluding hydrogens is 334 g/mol. The Kier molecular flexibility index (Phi) is 4.20. The van der Waals surface area contributed by atoms with Gasteiger partial charge in [0.25, 0.3) is 0 Å². The van der Waals surface area contributed by atoms with Crippen molar-refractivity contribution < 1.29 is 9.34 Å². The molecule has 0 radical (unpaired) electrons. The van der Waals surface area contributed by atoms with E-state index in [9.17, 15) is 10.1 Å². The van der Waals surface area contributed by atoms with E-state index in [4.69, 9.17) is 4.42 Å². The highest BCUT2D eigenvalue weighted by Crippen LogP contribution is 2.30. The molecule has 0 amide bonds. The standard InChI is InChI=1S/C18H21N5O3/c1-12-17(23(24)25)13(2)22(20-12)11-21-9-5-6-14(10-21)18-19-15-7-3-4-8-16(15)26-18/h3-4,7-8,14H,5-6,9-11H2,1-2H3/t14-/m0/s1. The third-order valence-corrected chi connectivity index (χ3v) is 5.03. The average molecular weight is 355 g/mol. The van der Waals surface area contributed by atoms with Crippen LogP contribution >= 0.6 is 0 Å². The number of para-hydroxylation sites is 2. The molecule has 3 aromatic rings. The van der Waals surface area contributed by atoms with Crippen molar-refractivity contribution in [2.24, 2.45) is 0 Å². The fourth-order valence-corrected chi connectivity index (χ4v) is 3.73. The van der Waals surface area contributed by atoms with Crippen LogP contribution in [0.5, 0.6) is 0 Å². The van der Waals surface area contributed by atoms with Gasteiger partial charge in [0.2, 0.25) is 0 Å². The molecular formula is C18H21N5O3. The Labute approximate surface area is 150 Å². The number of aromatic nitrogens is 3. The number of hydrogen-bond donors (Lipinski definition) is 0. The molecule has 0 spiro atoms. The van der Waals surface area contributed by atoms with Crippen molar-refractivity contribution in [3.63, 3.8) is 0 Å². The maximum atomic E-state index is 11.2. The zero-order valence-corrected chi connectivity index (χ0v) is 14.9.